The van der Waals surface area contributed by atoms with Crippen LogP contribution in [0.1, 0.15) is 66.2 Å². The average Bonchev–Trinajstić information content (AvgIpc) is 2.27. The summed E-state index contributed by atoms with van der Waals surface area (Å²) in [5.41, 5.74) is 0. The smallest absolute Gasteiger partial charge is 0.306 e. The van der Waals surface area contributed by atoms with Gasteiger partial charge in [0.1, 0.15) is 0 Å². The number of carbonyl (C=O) groups excluding carboxylic acids is 2. The van der Waals surface area contributed by atoms with Gasteiger partial charge >= 0.3 is 11.9 Å². The predicted octanol–water partition coefficient (Wildman–Crippen LogP) is 3.23. The van der Waals surface area contributed by atoms with Crippen molar-refractivity contribution in [1.82, 2.24) is 0 Å². The summed E-state index contributed by atoms with van der Waals surface area (Å²) in [6, 6.07) is 0. The molecule has 4 heteroatoms. The van der Waals surface area contributed by atoms with E-state index in [1.807, 2.05) is 27.7 Å². The largest absolute Gasteiger partial charge is 0.463 e. The molecule has 0 heterocycles. The SMILES string of the molecule is CCC[C@@H](C)OC(=O)CCC(=O)O[C@@H](C)CCC. The first-order chi connectivity index (χ1) is 8.49. The molecule has 0 aliphatic heterocycles. The minimum atomic E-state index is -0.323. The molecular weight excluding hydrogens is 232 g/mol. The molecule has 0 rings (SSSR count). The summed E-state index contributed by atoms with van der Waals surface area (Å²) in [6.07, 6.45) is 3.72. The van der Waals surface area contributed by atoms with E-state index in [0.29, 0.717) is 0 Å². The maximum absolute atomic E-state index is 11.4. The Morgan fingerprint density at radius 3 is 1.44 bits per heavy atom. The second-order valence-corrected chi connectivity index (χ2v) is 4.68. The lowest BCUT2D eigenvalue weighted by Gasteiger charge is -2.13. The van der Waals surface area contributed by atoms with Gasteiger partial charge in [-0.3, -0.25) is 9.59 Å². The lowest BCUT2D eigenvalue weighted by atomic mass is 10.2. The van der Waals surface area contributed by atoms with Gasteiger partial charge in [0.25, 0.3) is 0 Å². The zero-order valence-electron chi connectivity index (χ0n) is 12.0. The standard InChI is InChI=1S/C14H26O4/c1-5-7-11(3)17-13(15)9-10-14(16)18-12(4)8-6-2/h11-12H,5-10H2,1-4H3/t11-,12+. The first-order valence-electron chi connectivity index (χ1n) is 6.88. The van der Waals surface area contributed by atoms with Crippen LogP contribution in [0.15, 0.2) is 0 Å². The number of hydrogen-bond acceptors (Lipinski definition) is 4. The van der Waals surface area contributed by atoms with Gasteiger partial charge in [-0.1, -0.05) is 26.7 Å². The minimum absolute atomic E-state index is 0.0717. The molecule has 0 bridgehead atoms. The van der Waals surface area contributed by atoms with Crippen LogP contribution in [0.4, 0.5) is 0 Å². The van der Waals surface area contributed by atoms with E-state index in [0.717, 1.165) is 25.7 Å². The molecule has 0 saturated heterocycles. The predicted molar refractivity (Wildman–Crippen MR) is 70.2 cm³/mol. The van der Waals surface area contributed by atoms with Gasteiger partial charge in [0.2, 0.25) is 0 Å². The monoisotopic (exact) mass is 258 g/mol. The summed E-state index contributed by atoms with van der Waals surface area (Å²) in [5, 5.41) is 0. The highest BCUT2D eigenvalue weighted by atomic mass is 16.5. The Bertz CT molecular complexity index is 224. The molecule has 0 spiro atoms. The summed E-state index contributed by atoms with van der Waals surface area (Å²) < 4.78 is 10.3. The van der Waals surface area contributed by atoms with Gasteiger partial charge in [0, 0.05) is 0 Å². The second kappa shape index (κ2) is 9.92. The summed E-state index contributed by atoms with van der Waals surface area (Å²) >= 11 is 0. The van der Waals surface area contributed by atoms with Crippen molar-refractivity contribution in [3.63, 3.8) is 0 Å². The van der Waals surface area contributed by atoms with E-state index in [4.69, 9.17) is 9.47 Å². The highest BCUT2D eigenvalue weighted by molar-refractivity contribution is 5.77. The molecule has 0 aliphatic rings. The first kappa shape index (κ1) is 16.9. The fourth-order valence-electron chi connectivity index (χ4n) is 1.70. The summed E-state index contributed by atoms with van der Waals surface area (Å²) in [5.74, 6) is -0.646. The van der Waals surface area contributed by atoms with E-state index in [2.05, 4.69) is 0 Å². The Labute approximate surface area is 110 Å². The summed E-state index contributed by atoms with van der Waals surface area (Å²) in [4.78, 5) is 22.8. The van der Waals surface area contributed by atoms with Crippen molar-refractivity contribution >= 4 is 11.9 Å². The molecule has 0 N–H and O–H groups in total. The highest BCUT2D eigenvalue weighted by Gasteiger charge is 2.13. The Morgan fingerprint density at radius 2 is 1.17 bits per heavy atom. The molecular formula is C14H26O4. The quantitative estimate of drug-likeness (QED) is 0.596. The molecule has 0 radical (unpaired) electrons. The van der Waals surface area contributed by atoms with Gasteiger partial charge in [0.05, 0.1) is 25.0 Å². The first-order valence-corrected chi connectivity index (χ1v) is 6.88. The molecule has 0 saturated carbocycles. The van der Waals surface area contributed by atoms with Gasteiger partial charge in [-0.15, -0.1) is 0 Å². The molecule has 106 valence electrons. The topological polar surface area (TPSA) is 52.6 Å². The number of esters is 2. The third kappa shape index (κ3) is 9.02. The molecule has 4 nitrogen and oxygen atoms in total. The maximum Gasteiger partial charge on any atom is 0.306 e. The molecule has 0 unspecified atom stereocenters. The van der Waals surface area contributed by atoms with Crippen molar-refractivity contribution in [2.45, 2.75) is 78.4 Å². The summed E-state index contributed by atoms with van der Waals surface area (Å²) in [6.45, 7) is 7.81. The van der Waals surface area contributed by atoms with Crippen LogP contribution in [0, 0.1) is 0 Å². The normalized spacial score (nSPS) is 13.8. The Morgan fingerprint density at radius 1 is 0.833 bits per heavy atom. The molecule has 0 aromatic carbocycles. The third-order valence-electron chi connectivity index (χ3n) is 2.59. The summed E-state index contributed by atoms with van der Waals surface area (Å²) in [7, 11) is 0. The van der Waals surface area contributed by atoms with Gasteiger partial charge < -0.3 is 9.47 Å². The van der Waals surface area contributed by atoms with E-state index >= 15 is 0 Å². The minimum Gasteiger partial charge on any atom is -0.463 e. The molecule has 0 aliphatic carbocycles. The number of ether oxygens (including phenoxy) is 2. The van der Waals surface area contributed by atoms with Crippen molar-refractivity contribution in [1.29, 1.82) is 0 Å². The molecule has 18 heavy (non-hydrogen) atoms. The molecule has 0 aromatic rings. The van der Waals surface area contributed by atoms with Crippen LogP contribution in [0.3, 0.4) is 0 Å². The third-order valence-corrected chi connectivity index (χ3v) is 2.59. The Balaban J connectivity index is 3.74. The Kier molecular flexibility index (Phi) is 9.33. The van der Waals surface area contributed by atoms with Crippen molar-refractivity contribution in [2.75, 3.05) is 0 Å². The van der Waals surface area contributed by atoms with Gasteiger partial charge in [0.15, 0.2) is 0 Å². The van der Waals surface area contributed by atoms with Crippen LogP contribution in [-0.2, 0) is 19.1 Å². The van der Waals surface area contributed by atoms with Gasteiger partial charge in [-0.2, -0.15) is 0 Å². The molecule has 0 amide bonds. The van der Waals surface area contributed by atoms with Gasteiger partial charge in [-0.25, -0.2) is 0 Å². The van der Waals surface area contributed by atoms with E-state index in [9.17, 15) is 9.59 Å². The van der Waals surface area contributed by atoms with Crippen molar-refractivity contribution in [2.24, 2.45) is 0 Å². The fraction of sp³-hybridized carbons (Fsp3) is 0.857. The molecule has 2 atom stereocenters. The average molecular weight is 258 g/mol. The van der Waals surface area contributed by atoms with Crippen molar-refractivity contribution in [3.8, 4) is 0 Å². The lowest BCUT2D eigenvalue weighted by molar-refractivity contribution is -0.155. The van der Waals surface area contributed by atoms with Gasteiger partial charge in [-0.05, 0) is 26.7 Å². The second-order valence-electron chi connectivity index (χ2n) is 4.68. The zero-order valence-corrected chi connectivity index (χ0v) is 12.0. The lowest BCUT2D eigenvalue weighted by Crippen LogP contribution is -2.18. The van der Waals surface area contributed by atoms with Crippen LogP contribution >= 0.6 is 0 Å². The Hall–Kier alpha value is -1.06. The number of rotatable bonds is 9. The highest BCUT2D eigenvalue weighted by Crippen LogP contribution is 2.07. The van der Waals surface area contributed by atoms with Crippen LogP contribution in [0.25, 0.3) is 0 Å². The van der Waals surface area contributed by atoms with Crippen molar-refractivity contribution < 1.29 is 19.1 Å². The van der Waals surface area contributed by atoms with E-state index in [1.54, 1.807) is 0 Å². The van der Waals surface area contributed by atoms with Crippen LogP contribution < -0.4 is 0 Å². The van der Waals surface area contributed by atoms with E-state index in [-0.39, 0.29) is 37.0 Å². The van der Waals surface area contributed by atoms with E-state index in [1.165, 1.54) is 0 Å². The van der Waals surface area contributed by atoms with Crippen LogP contribution in [0.5, 0.6) is 0 Å². The zero-order chi connectivity index (χ0) is 14.0. The molecule has 0 aromatic heterocycles. The number of hydrogen-bond donors (Lipinski definition) is 0. The number of carbonyl (C=O) groups is 2. The van der Waals surface area contributed by atoms with Crippen LogP contribution in [0.2, 0.25) is 0 Å². The maximum atomic E-state index is 11.4. The molecule has 0 fully saturated rings. The van der Waals surface area contributed by atoms with Crippen molar-refractivity contribution in [3.05, 3.63) is 0 Å². The van der Waals surface area contributed by atoms with E-state index < -0.39 is 0 Å². The van der Waals surface area contributed by atoms with Crippen LogP contribution in [-0.4, -0.2) is 24.1 Å². The fourth-order valence-corrected chi connectivity index (χ4v) is 1.70.